The number of aliphatic hydroxyl groups is 9. The van der Waals surface area contributed by atoms with E-state index in [1.165, 1.54) is 26.0 Å². The molecule has 41 nitrogen and oxygen atoms in total. The molecule has 0 spiro atoms. The van der Waals surface area contributed by atoms with E-state index in [4.69, 9.17) is 42.6 Å². The molecule has 0 aromatic carbocycles. The van der Waals surface area contributed by atoms with Crippen molar-refractivity contribution in [3.05, 3.63) is 12.2 Å². The van der Waals surface area contributed by atoms with Crippen molar-refractivity contribution in [3.63, 3.8) is 0 Å². The van der Waals surface area contributed by atoms with Crippen LogP contribution in [0.2, 0.25) is 0 Å². The first kappa shape index (κ1) is 103. The zero-order chi connectivity index (χ0) is 86.5. The number of unbranched alkanes of at least 4 members (excludes halogenated alkanes) is 10. The van der Waals surface area contributed by atoms with E-state index in [-0.39, 0.29) is 210 Å². The molecule has 4 aliphatic rings. The minimum atomic E-state index is -1.46. The predicted octanol–water partition coefficient (Wildman–Crippen LogP) is -4.85. The number of imide groups is 1. The number of hydrogen-bond donors (Lipinski definition) is 19. The summed E-state index contributed by atoms with van der Waals surface area (Å²) >= 11 is 0. The quantitative estimate of drug-likeness (QED) is 0.0201. The summed E-state index contributed by atoms with van der Waals surface area (Å²) in [5.74, 6) is -4.19. The van der Waals surface area contributed by atoms with Gasteiger partial charge in [-0.3, -0.25) is 62.4 Å². The molecule has 4 rings (SSSR count). The Bertz CT molecular complexity index is 2900. The van der Waals surface area contributed by atoms with Crippen LogP contribution in [0.15, 0.2) is 12.2 Å². The lowest BCUT2D eigenvalue weighted by atomic mass is 9.97. The fraction of sp³-hybridized carbons (Fsp3) is 0.818. The summed E-state index contributed by atoms with van der Waals surface area (Å²) < 4.78 is 52.0. The molecule has 41 heteroatoms. The highest BCUT2D eigenvalue weighted by Crippen LogP contribution is 2.26. The largest absolute Gasteiger partial charge is 0.394 e. The van der Waals surface area contributed by atoms with Gasteiger partial charge in [0.2, 0.25) is 59.1 Å². The van der Waals surface area contributed by atoms with Crippen LogP contribution in [-0.2, 0) is 100 Å². The molecule has 14 atom stereocenters. The van der Waals surface area contributed by atoms with Crippen molar-refractivity contribution in [1.82, 2.24) is 58.1 Å². The van der Waals surface area contributed by atoms with Crippen molar-refractivity contribution in [2.75, 3.05) is 132 Å². The van der Waals surface area contributed by atoms with Crippen LogP contribution in [0, 0.1) is 0 Å². The summed E-state index contributed by atoms with van der Waals surface area (Å²) in [7, 11) is 0. The van der Waals surface area contributed by atoms with Gasteiger partial charge in [0.15, 0.2) is 18.9 Å². The molecule has 4 heterocycles. The van der Waals surface area contributed by atoms with E-state index in [0.717, 1.165) is 43.4 Å². The standard InChI is InChI=1S/C77H133N11O30/c1-51(92)85-68-73(108)71(106)55(46-90)117-75(68)114-39-15-12-22-58(96)79-31-18-34-82-62(100)28-42-111-49-77(87-64(102)24-10-8-6-4-3-5-7-9-20-60(98)84-36-37-88-65(103)25-26-66(88)104,48-110-41-27-61(99)81-33-17-30-78-57(95)21-11-14-38-113-67-44-53(94)70(105)54(45-89)116-67)50-112-43-29-63(101)83-35-19-32-80-59(97)23-13-16-40-115-76-69(86-52(2)93)74(109)72(107)56(47-91)118-76/h25-26,53-56,67-76,89-91,94,105-109H,3-24,27-50H2,1-2H3,(H,78,95)(H,79,96)(H,80,97)(H,81,99)(H,82,100)(H,83,101)(H,84,98)(H,85,92)(H,86,93)(H,87,102)/t53-,54-,55-,56-,67-,68-,69-,70-,71+,72+,73-,74-,75-,76-/m1/s1. The van der Waals surface area contributed by atoms with Crippen LogP contribution in [0.25, 0.3) is 0 Å². The van der Waals surface area contributed by atoms with E-state index in [2.05, 4.69) is 53.2 Å². The number of nitrogens with one attached hydrogen (secondary N) is 10. The Balaban J connectivity index is 1.28. The van der Waals surface area contributed by atoms with Crippen LogP contribution in [0.3, 0.4) is 0 Å². The Labute approximate surface area is 688 Å². The zero-order valence-electron chi connectivity index (χ0n) is 68.3. The van der Waals surface area contributed by atoms with Gasteiger partial charge in [0.25, 0.3) is 11.8 Å². The van der Waals surface area contributed by atoms with Crippen molar-refractivity contribution in [3.8, 4) is 0 Å². The molecule has 0 unspecified atom stereocenters. The molecular weight excluding hydrogens is 1560 g/mol. The van der Waals surface area contributed by atoms with Gasteiger partial charge in [0.1, 0.15) is 66.5 Å². The van der Waals surface area contributed by atoms with Crippen LogP contribution >= 0.6 is 0 Å². The second kappa shape index (κ2) is 60.4. The minimum absolute atomic E-state index is 0.0360. The lowest BCUT2D eigenvalue weighted by molar-refractivity contribution is -0.270. The highest BCUT2D eigenvalue weighted by atomic mass is 16.7. The lowest BCUT2D eigenvalue weighted by Crippen LogP contribution is -2.64. The number of amides is 12. The molecule has 118 heavy (non-hydrogen) atoms. The Morgan fingerprint density at radius 2 is 0.695 bits per heavy atom. The molecule has 3 saturated heterocycles. The highest BCUT2D eigenvalue weighted by Gasteiger charge is 2.47. The Morgan fingerprint density at radius 3 is 1.05 bits per heavy atom. The molecule has 0 aliphatic carbocycles. The lowest BCUT2D eigenvalue weighted by Gasteiger charge is -2.42. The van der Waals surface area contributed by atoms with Crippen molar-refractivity contribution in [2.24, 2.45) is 0 Å². The van der Waals surface area contributed by atoms with E-state index in [9.17, 15) is 103 Å². The average Bonchev–Trinajstić information content (AvgIpc) is 1.28. The molecule has 0 bridgehead atoms. The van der Waals surface area contributed by atoms with Crippen LogP contribution < -0.4 is 53.2 Å². The van der Waals surface area contributed by atoms with Gasteiger partial charge in [0, 0.05) is 156 Å². The van der Waals surface area contributed by atoms with Gasteiger partial charge < -0.3 is 142 Å². The van der Waals surface area contributed by atoms with E-state index in [1.807, 2.05) is 0 Å². The summed E-state index contributed by atoms with van der Waals surface area (Å²) in [5.41, 5.74) is -1.43. The smallest absolute Gasteiger partial charge is 0.253 e. The van der Waals surface area contributed by atoms with E-state index < -0.39 is 135 Å². The maximum atomic E-state index is 14.0. The maximum Gasteiger partial charge on any atom is 0.253 e. The SMILES string of the molecule is CC(=O)N[C@H]1[C@H](OCCCCC(=O)NCCCNC(=O)CCOCC(COCCC(=O)NCCCNC(=O)CCCCO[C@H]2C[C@@H](O)[C@@H](O)[C@@H](CO)O2)(COCCC(=O)NCCCNC(=O)CCCCO[C@@H]2O[C@H](CO)[C@H](O)[C@H](O)[C@H]2NC(C)=O)NC(=O)CCCCCCCCCCC(=O)NCCN2C(=O)C=CC2=O)O[C@H](CO)[C@H](O)[C@@H]1O. The Hall–Kier alpha value is -7.14. The first-order chi connectivity index (χ1) is 56.7. The van der Waals surface area contributed by atoms with Gasteiger partial charge in [0.05, 0.1) is 65.6 Å². The third-order valence-corrected chi connectivity index (χ3v) is 19.5. The van der Waals surface area contributed by atoms with Crippen LogP contribution in [-0.4, -0.2) is 345 Å². The third kappa shape index (κ3) is 42.9. The van der Waals surface area contributed by atoms with Crippen molar-refractivity contribution < 1.29 is 146 Å². The Kier molecular flexibility index (Phi) is 52.8. The van der Waals surface area contributed by atoms with E-state index in [1.54, 1.807) is 0 Å². The fourth-order valence-corrected chi connectivity index (χ4v) is 12.9. The van der Waals surface area contributed by atoms with Gasteiger partial charge in [-0.15, -0.1) is 0 Å². The molecule has 676 valence electrons. The average molecular weight is 1690 g/mol. The van der Waals surface area contributed by atoms with Crippen molar-refractivity contribution in [2.45, 2.75) is 272 Å². The van der Waals surface area contributed by atoms with Crippen LogP contribution in [0.5, 0.6) is 0 Å². The molecule has 0 saturated carbocycles. The van der Waals surface area contributed by atoms with Crippen LogP contribution in [0.4, 0.5) is 0 Å². The van der Waals surface area contributed by atoms with Gasteiger partial charge in [-0.1, -0.05) is 38.5 Å². The molecular formula is C77H133N11O30. The zero-order valence-corrected chi connectivity index (χ0v) is 68.3. The second-order valence-corrected chi connectivity index (χ2v) is 29.7. The summed E-state index contributed by atoms with van der Waals surface area (Å²) in [6.07, 6.45) is -1.61. The van der Waals surface area contributed by atoms with Crippen molar-refractivity contribution in [1.29, 1.82) is 0 Å². The summed E-state index contributed by atoms with van der Waals surface area (Å²) in [4.78, 5) is 152. The minimum Gasteiger partial charge on any atom is -0.394 e. The number of carbonyl (C=O) groups is 12. The summed E-state index contributed by atoms with van der Waals surface area (Å²) in [6.45, 7) is 1.67. The molecule has 0 radical (unpaired) electrons. The first-order valence-electron chi connectivity index (χ1n) is 41.4. The van der Waals surface area contributed by atoms with Gasteiger partial charge >= 0.3 is 0 Å². The molecule has 3 fully saturated rings. The molecule has 12 amide bonds. The summed E-state index contributed by atoms with van der Waals surface area (Å²) in [6, 6.07) is -2.20. The molecule has 0 aromatic heterocycles. The van der Waals surface area contributed by atoms with Gasteiger partial charge in [-0.2, -0.15) is 0 Å². The molecule has 0 aromatic rings. The monoisotopic (exact) mass is 1690 g/mol. The predicted molar refractivity (Wildman–Crippen MR) is 417 cm³/mol. The molecule has 19 N–H and O–H groups in total. The third-order valence-electron chi connectivity index (χ3n) is 19.5. The summed E-state index contributed by atoms with van der Waals surface area (Å²) in [5, 5.41) is 118. The number of rotatable bonds is 65. The van der Waals surface area contributed by atoms with Crippen LogP contribution in [0.1, 0.15) is 181 Å². The first-order valence-corrected chi connectivity index (χ1v) is 41.4. The number of ether oxygens (including phenoxy) is 9. The fourth-order valence-electron chi connectivity index (χ4n) is 12.9. The number of carbonyl (C=O) groups excluding carboxylic acids is 12. The normalized spacial score (nSPS) is 23.1. The van der Waals surface area contributed by atoms with Gasteiger partial charge in [-0.25, -0.2) is 0 Å². The topological polar surface area (TPSA) is 594 Å². The molecule has 4 aliphatic heterocycles. The number of nitrogens with zero attached hydrogens (tertiary/aromatic N) is 1. The van der Waals surface area contributed by atoms with E-state index in [0.29, 0.717) is 77.0 Å². The van der Waals surface area contributed by atoms with Gasteiger partial charge in [-0.05, 0) is 70.6 Å². The van der Waals surface area contributed by atoms with Crippen molar-refractivity contribution >= 4 is 70.9 Å². The second-order valence-electron chi connectivity index (χ2n) is 29.7. The Morgan fingerprint density at radius 1 is 0.381 bits per heavy atom. The maximum absolute atomic E-state index is 14.0. The van der Waals surface area contributed by atoms with E-state index >= 15 is 0 Å². The number of aliphatic hydroxyl groups excluding tert-OH is 9. The number of hydrogen-bond acceptors (Lipinski definition) is 30. The highest BCUT2D eigenvalue weighted by molar-refractivity contribution is 6.12.